The van der Waals surface area contributed by atoms with Crippen LogP contribution in [0.1, 0.15) is 65.0 Å². The molecule has 208 valence electrons. The van der Waals surface area contributed by atoms with Crippen molar-refractivity contribution in [1.82, 2.24) is 10.6 Å². The van der Waals surface area contributed by atoms with E-state index in [1.165, 1.54) is 0 Å². The average Bonchev–Trinajstić information content (AvgIpc) is 3.46. The summed E-state index contributed by atoms with van der Waals surface area (Å²) in [6.07, 6.45) is 12.4. The predicted octanol–water partition coefficient (Wildman–Crippen LogP) is 3.54. The molecule has 2 aromatic rings. The van der Waals surface area contributed by atoms with Gasteiger partial charge in [-0.2, -0.15) is 0 Å². The van der Waals surface area contributed by atoms with Crippen LogP contribution in [-0.2, 0) is 31.9 Å². The molecule has 39 heavy (non-hydrogen) atoms. The lowest BCUT2D eigenvalue weighted by Crippen LogP contribution is -2.27. The maximum absolute atomic E-state index is 12.8. The summed E-state index contributed by atoms with van der Waals surface area (Å²) in [6.45, 7) is 5.06. The minimum absolute atomic E-state index is 0.0856. The van der Waals surface area contributed by atoms with Crippen LogP contribution in [0.5, 0.6) is 0 Å². The number of rotatable bonds is 15. The van der Waals surface area contributed by atoms with Crippen LogP contribution in [0.4, 0.5) is 0 Å². The van der Waals surface area contributed by atoms with Crippen molar-refractivity contribution >= 4 is 23.5 Å². The first-order valence-electron chi connectivity index (χ1n) is 13.3. The normalized spacial score (nSPS) is 11.6. The number of carbonyl (C=O) groups excluding carboxylic acids is 4. The van der Waals surface area contributed by atoms with E-state index in [1.807, 2.05) is 32.0 Å². The average molecular weight is 535 g/mol. The molecule has 0 saturated carbocycles. The van der Waals surface area contributed by atoms with E-state index < -0.39 is 11.9 Å². The Balaban J connectivity index is 0.00000260. The van der Waals surface area contributed by atoms with Gasteiger partial charge >= 0.3 is 11.9 Å². The fourth-order valence-corrected chi connectivity index (χ4v) is 4.36. The smallest absolute Gasteiger partial charge is 0.320 e. The summed E-state index contributed by atoms with van der Waals surface area (Å²) in [6, 6.07) is 10.9. The largest absolute Gasteiger partial charge is 0.456 e. The molecule has 0 atom stereocenters. The van der Waals surface area contributed by atoms with E-state index in [9.17, 15) is 19.2 Å². The van der Waals surface area contributed by atoms with Crippen LogP contribution >= 0.6 is 0 Å². The third-order valence-corrected chi connectivity index (χ3v) is 6.22. The highest BCUT2D eigenvalue weighted by Gasteiger charge is 2.23. The van der Waals surface area contributed by atoms with Gasteiger partial charge in [-0.15, -0.1) is 12.8 Å². The van der Waals surface area contributed by atoms with E-state index in [0.717, 1.165) is 60.9 Å². The SMILES string of the molecule is C#C.CCCNCC(=O)OCC(=O)c1ccc(-c2ccc(C(=O)COC(=O)CNCCC)c3c2CCC3)cc1. The van der Waals surface area contributed by atoms with Crippen LogP contribution < -0.4 is 10.6 Å². The van der Waals surface area contributed by atoms with Crippen molar-refractivity contribution in [1.29, 1.82) is 0 Å². The van der Waals surface area contributed by atoms with E-state index >= 15 is 0 Å². The molecular weight excluding hydrogens is 496 g/mol. The van der Waals surface area contributed by atoms with Gasteiger partial charge in [0.1, 0.15) is 0 Å². The lowest BCUT2D eigenvalue weighted by Gasteiger charge is -2.14. The second-order valence-electron chi connectivity index (χ2n) is 9.07. The van der Waals surface area contributed by atoms with Gasteiger partial charge in [-0.25, -0.2) is 0 Å². The van der Waals surface area contributed by atoms with Crippen molar-refractivity contribution in [2.75, 3.05) is 39.4 Å². The Labute approximate surface area is 230 Å². The summed E-state index contributed by atoms with van der Waals surface area (Å²) < 4.78 is 10.2. The van der Waals surface area contributed by atoms with Crippen LogP contribution in [0.2, 0.25) is 0 Å². The molecule has 0 spiro atoms. The van der Waals surface area contributed by atoms with Crippen LogP contribution in [0.3, 0.4) is 0 Å². The number of carbonyl (C=O) groups is 4. The van der Waals surface area contributed by atoms with Crippen molar-refractivity contribution in [3.8, 4) is 24.0 Å². The Morgan fingerprint density at radius 1 is 0.744 bits per heavy atom. The van der Waals surface area contributed by atoms with Crippen molar-refractivity contribution in [2.24, 2.45) is 0 Å². The topological polar surface area (TPSA) is 111 Å². The standard InChI is InChI=1S/C29H36N2O6.C2H2/c1-3-14-30-16-28(34)36-18-26(32)21-10-8-20(9-11-21)22-12-13-25(24-7-5-6-23(22)24)27(33)19-37-29(35)17-31-15-4-2;1-2/h8-13,30-31H,3-7,14-19H2,1-2H3;1-2H. The van der Waals surface area contributed by atoms with Crippen molar-refractivity contribution in [3.63, 3.8) is 0 Å². The highest BCUT2D eigenvalue weighted by atomic mass is 16.5. The molecule has 0 aliphatic heterocycles. The third kappa shape index (κ3) is 9.47. The zero-order valence-electron chi connectivity index (χ0n) is 22.8. The van der Waals surface area contributed by atoms with Crippen molar-refractivity contribution in [2.45, 2.75) is 46.0 Å². The fourth-order valence-electron chi connectivity index (χ4n) is 4.36. The monoisotopic (exact) mass is 534 g/mol. The Bertz CT molecular complexity index is 1150. The number of nitrogens with one attached hydrogen (secondary N) is 2. The molecule has 2 aromatic carbocycles. The molecule has 0 amide bonds. The molecule has 0 bridgehead atoms. The van der Waals surface area contributed by atoms with Gasteiger partial charge < -0.3 is 20.1 Å². The van der Waals surface area contributed by atoms with Crippen LogP contribution in [-0.4, -0.2) is 62.9 Å². The van der Waals surface area contributed by atoms with Gasteiger partial charge in [0.2, 0.25) is 5.78 Å². The Kier molecular flexibility index (Phi) is 13.6. The Morgan fingerprint density at radius 2 is 1.28 bits per heavy atom. The number of fused-ring (bicyclic) bond motifs is 1. The number of hydrogen-bond acceptors (Lipinski definition) is 8. The van der Waals surface area contributed by atoms with E-state index in [-0.39, 0.29) is 37.9 Å². The van der Waals surface area contributed by atoms with Crippen molar-refractivity contribution in [3.05, 3.63) is 58.7 Å². The van der Waals surface area contributed by atoms with Crippen molar-refractivity contribution < 1.29 is 28.7 Å². The summed E-state index contributed by atoms with van der Waals surface area (Å²) in [5.74, 6) is -1.35. The first-order chi connectivity index (χ1) is 18.9. The summed E-state index contributed by atoms with van der Waals surface area (Å²) in [7, 11) is 0. The number of ketones is 2. The Hall–Kier alpha value is -3.80. The molecule has 0 unspecified atom stereocenters. The highest BCUT2D eigenvalue weighted by Crippen LogP contribution is 2.35. The minimum atomic E-state index is -0.452. The van der Waals surface area contributed by atoms with Gasteiger partial charge in [-0.3, -0.25) is 19.2 Å². The molecule has 0 radical (unpaired) electrons. The molecule has 0 fully saturated rings. The second kappa shape index (κ2) is 16.9. The summed E-state index contributed by atoms with van der Waals surface area (Å²) in [5.41, 5.74) is 5.17. The molecule has 0 saturated heterocycles. The number of terminal acetylenes is 1. The molecule has 3 rings (SSSR count). The molecule has 8 nitrogen and oxygen atoms in total. The molecule has 0 heterocycles. The highest BCUT2D eigenvalue weighted by molar-refractivity contribution is 6.01. The van der Waals surface area contributed by atoms with Gasteiger partial charge in [-0.1, -0.05) is 50.2 Å². The van der Waals surface area contributed by atoms with Crippen LogP contribution in [0, 0.1) is 12.8 Å². The number of benzene rings is 2. The third-order valence-electron chi connectivity index (χ3n) is 6.22. The quantitative estimate of drug-likeness (QED) is 0.155. The summed E-state index contributed by atoms with van der Waals surface area (Å²) >= 11 is 0. The predicted molar refractivity (Wildman–Crippen MR) is 151 cm³/mol. The van der Waals surface area contributed by atoms with E-state index in [0.29, 0.717) is 17.7 Å². The summed E-state index contributed by atoms with van der Waals surface area (Å²) in [4.78, 5) is 48.8. The van der Waals surface area contributed by atoms with Gasteiger partial charge in [0.25, 0.3) is 0 Å². The molecule has 8 heteroatoms. The second-order valence-corrected chi connectivity index (χ2v) is 9.07. The summed E-state index contributed by atoms with van der Waals surface area (Å²) in [5, 5.41) is 5.91. The van der Waals surface area contributed by atoms with E-state index in [2.05, 4.69) is 23.5 Å². The zero-order chi connectivity index (χ0) is 28.6. The van der Waals surface area contributed by atoms with Gasteiger partial charge in [0.05, 0.1) is 13.1 Å². The van der Waals surface area contributed by atoms with Crippen LogP contribution in [0.25, 0.3) is 11.1 Å². The number of hydrogen-bond donors (Lipinski definition) is 2. The van der Waals surface area contributed by atoms with E-state index in [1.54, 1.807) is 18.2 Å². The molecular formula is C31H38N2O6. The number of esters is 2. The van der Waals surface area contributed by atoms with Crippen LogP contribution in [0.15, 0.2) is 36.4 Å². The Morgan fingerprint density at radius 3 is 1.85 bits per heavy atom. The first kappa shape index (κ1) is 31.4. The first-order valence-corrected chi connectivity index (χ1v) is 13.3. The van der Waals surface area contributed by atoms with Gasteiger partial charge in [-0.05, 0) is 67.4 Å². The minimum Gasteiger partial charge on any atom is -0.456 e. The maximum atomic E-state index is 12.8. The van der Waals surface area contributed by atoms with E-state index in [4.69, 9.17) is 9.47 Å². The molecule has 1 aliphatic carbocycles. The molecule has 1 aliphatic rings. The molecule has 0 aromatic heterocycles. The molecule has 2 N–H and O–H groups in total. The van der Waals surface area contributed by atoms with Gasteiger partial charge in [0, 0.05) is 11.1 Å². The fraction of sp³-hybridized carbons (Fsp3) is 0.419. The lowest BCUT2D eigenvalue weighted by atomic mass is 9.91. The number of ether oxygens (including phenoxy) is 2. The lowest BCUT2D eigenvalue weighted by molar-refractivity contribution is -0.142. The number of Topliss-reactive ketones (excluding diaryl/α,β-unsaturated/α-hetero) is 2. The van der Waals surface area contributed by atoms with Gasteiger partial charge in [0.15, 0.2) is 19.0 Å². The maximum Gasteiger partial charge on any atom is 0.320 e. The zero-order valence-corrected chi connectivity index (χ0v) is 22.8.